The summed E-state index contributed by atoms with van der Waals surface area (Å²) in [6, 6.07) is 9.25. The molecule has 0 heterocycles. The summed E-state index contributed by atoms with van der Waals surface area (Å²) in [5.74, 6) is -1.01. The van der Waals surface area contributed by atoms with Gasteiger partial charge in [-0.1, -0.05) is 29.8 Å². The molecule has 2 aromatic rings. The van der Waals surface area contributed by atoms with Crippen LogP contribution in [0.2, 0.25) is 5.02 Å². The van der Waals surface area contributed by atoms with Gasteiger partial charge in [0.15, 0.2) is 11.6 Å². The van der Waals surface area contributed by atoms with E-state index in [1.807, 2.05) is 6.07 Å². The largest absolute Gasteiger partial charge is 0.497 e. The minimum Gasteiger partial charge on any atom is -0.497 e. The predicted octanol–water partition coefficient (Wildman–Crippen LogP) is 4.13. The molecule has 5 heteroatoms. The molecule has 0 bridgehead atoms. The molecule has 112 valence electrons. The first-order chi connectivity index (χ1) is 10.1. The summed E-state index contributed by atoms with van der Waals surface area (Å²) in [5, 5.41) is 3.60. The standard InChI is InChI=1S/C16H16ClF2NO/c1-20-15(8-10-4-3-5-14(18)16(10)19)12-7-6-11(21-2)9-13(12)17/h3-7,9,15,20H,8H2,1-2H3. The predicted molar refractivity (Wildman–Crippen MR) is 79.9 cm³/mol. The average Bonchev–Trinajstić information content (AvgIpc) is 2.49. The normalized spacial score (nSPS) is 12.2. The molecule has 0 amide bonds. The van der Waals surface area contributed by atoms with Crippen LogP contribution in [0.3, 0.4) is 0 Å². The molecule has 0 radical (unpaired) electrons. The highest BCUT2D eigenvalue weighted by Crippen LogP contribution is 2.29. The molecule has 1 atom stereocenters. The quantitative estimate of drug-likeness (QED) is 0.896. The van der Waals surface area contributed by atoms with Crippen LogP contribution in [0.25, 0.3) is 0 Å². The molecule has 0 saturated heterocycles. The zero-order valence-electron chi connectivity index (χ0n) is 11.8. The first-order valence-electron chi connectivity index (χ1n) is 6.50. The van der Waals surface area contributed by atoms with Crippen molar-refractivity contribution in [1.29, 1.82) is 0 Å². The van der Waals surface area contributed by atoms with Gasteiger partial charge in [0, 0.05) is 11.1 Å². The highest BCUT2D eigenvalue weighted by atomic mass is 35.5. The number of benzene rings is 2. The number of likely N-dealkylation sites (N-methyl/N-ethyl adjacent to an activating group) is 1. The van der Waals surface area contributed by atoms with E-state index in [0.29, 0.717) is 22.8 Å². The van der Waals surface area contributed by atoms with Crippen LogP contribution in [-0.4, -0.2) is 14.2 Å². The summed E-state index contributed by atoms with van der Waals surface area (Å²) in [5.41, 5.74) is 1.12. The van der Waals surface area contributed by atoms with Gasteiger partial charge in [0.05, 0.1) is 7.11 Å². The Labute approximate surface area is 127 Å². The third-order valence-corrected chi connectivity index (χ3v) is 3.71. The van der Waals surface area contributed by atoms with Crippen LogP contribution in [0.1, 0.15) is 17.2 Å². The number of nitrogens with one attached hydrogen (secondary N) is 1. The second-order valence-corrected chi connectivity index (χ2v) is 5.05. The van der Waals surface area contributed by atoms with Gasteiger partial charge in [-0.15, -0.1) is 0 Å². The monoisotopic (exact) mass is 311 g/mol. The van der Waals surface area contributed by atoms with E-state index < -0.39 is 11.6 Å². The van der Waals surface area contributed by atoms with Crippen LogP contribution in [0.15, 0.2) is 36.4 Å². The van der Waals surface area contributed by atoms with Crippen LogP contribution in [0.4, 0.5) is 8.78 Å². The third kappa shape index (κ3) is 3.52. The molecular formula is C16H16ClF2NO. The molecule has 0 aromatic heterocycles. The fourth-order valence-corrected chi connectivity index (χ4v) is 2.51. The summed E-state index contributed by atoms with van der Waals surface area (Å²) in [4.78, 5) is 0. The summed E-state index contributed by atoms with van der Waals surface area (Å²) >= 11 is 6.23. The zero-order chi connectivity index (χ0) is 15.4. The van der Waals surface area contributed by atoms with Crippen molar-refractivity contribution in [3.8, 4) is 5.75 Å². The van der Waals surface area contributed by atoms with Crippen molar-refractivity contribution in [2.75, 3.05) is 14.2 Å². The number of ether oxygens (including phenoxy) is 1. The maximum absolute atomic E-state index is 13.8. The fourth-order valence-electron chi connectivity index (χ4n) is 2.21. The van der Waals surface area contributed by atoms with Crippen molar-refractivity contribution < 1.29 is 13.5 Å². The van der Waals surface area contributed by atoms with Crippen LogP contribution >= 0.6 is 11.6 Å². The van der Waals surface area contributed by atoms with E-state index >= 15 is 0 Å². The summed E-state index contributed by atoms with van der Waals surface area (Å²) < 4.78 is 32.2. The van der Waals surface area contributed by atoms with Crippen molar-refractivity contribution in [2.24, 2.45) is 0 Å². The van der Waals surface area contributed by atoms with E-state index in [2.05, 4.69) is 5.32 Å². The number of hydrogen-bond acceptors (Lipinski definition) is 2. The van der Waals surface area contributed by atoms with Gasteiger partial charge in [0.1, 0.15) is 5.75 Å². The van der Waals surface area contributed by atoms with E-state index in [1.54, 1.807) is 32.4 Å². The van der Waals surface area contributed by atoms with Crippen LogP contribution < -0.4 is 10.1 Å². The molecule has 2 nitrogen and oxygen atoms in total. The molecule has 0 fully saturated rings. The molecule has 0 saturated carbocycles. The number of methoxy groups -OCH3 is 1. The Kier molecular flexibility index (Phi) is 5.15. The number of hydrogen-bond donors (Lipinski definition) is 1. The molecule has 2 rings (SSSR count). The summed E-state index contributed by atoms with van der Waals surface area (Å²) in [6.45, 7) is 0. The SMILES string of the molecule is CNC(Cc1cccc(F)c1F)c1ccc(OC)cc1Cl. The van der Waals surface area contributed by atoms with Gasteiger partial charge in [-0.05, 0) is 42.8 Å². The lowest BCUT2D eigenvalue weighted by atomic mass is 9.98. The summed E-state index contributed by atoms with van der Waals surface area (Å²) in [7, 11) is 3.31. The molecule has 1 N–H and O–H groups in total. The van der Waals surface area contributed by atoms with Crippen molar-refractivity contribution in [3.63, 3.8) is 0 Å². The van der Waals surface area contributed by atoms with Crippen LogP contribution in [-0.2, 0) is 6.42 Å². The summed E-state index contributed by atoms with van der Waals surface area (Å²) in [6.07, 6.45) is 0.298. The van der Waals surface area contributed by atoms with Crippen molar-refractivity contribution >= 4 is 11.6 Å². The number of halogens is 3. The second kappa shape index (κ2) is 6.87. The lowest BCUT2D eigenvalue weighted by molar-refractivity contribution is 0.414. The van der Waals surface area contributed by atoms with Gasteiger partial charge in [0.2, 0.25) is 0 Å². The Morgan fingerprint density at radius 2 is 2.00 bits per heavy atom. The highest BCUT2D eigenvalue weighted by molar-refractivity contribution is 6.31. The Hall–Kier alpha value is -1.65. The first kappa shape index (κ1) is 15.7. The zero-order valence-corrected chi connectivity index (χ0v) is 12.5. The highest BCUT2D eigenvalue weighted by Gasteiger charge is 2.17. The van der Waals surface area contributed by atoms with Crippen molar-refractivity contribution in [1.82, 2.24) is 5.32 Å². The first-order valence-corrected chi connectivity index (χ1v) is 6.88. The van der Waals surface area contributed by atoms with Gasteiger partial charge >= 0.3 is 0 Å². The minimum absolute atomic E-state index is 0.222. The molecular weight excluding hydrogens is 296 g/mol. The Morgan fingerprint density at radius 3 is 2.62 bits per heavy atom. The lowest BCUT2D eigenvalue weighted by Gasteiger charge is -2.19. The molecule has 0 aliphatic carbocycles. The number of rotatable bonds is 5. The van der Waals surface area contributed by atoms with E-state index in [9.17, 15) is 8.78 Å². The molecule has 21 heavy (non-hydrogen) atoms. The molecule has 0 aliphatic rings. The van der Waals surface area contributed by atoms with Crippen LogP contribution in [0.5, 0.6) is 5.75 Å². The van der Waals surface area contributed by atoms with Gasteiger partial charge in [0.25, 0.3) is 0 Å². The topological polar surface area (TPSA) is 21.3 Å². The van der Waals surface area contributed by atoms with Gasteiger partial charge in [-0.3, -0.25) is 0 Å². The van der Waals surface area contributed by atoms with Gasteiger partial charge in [-0.25, -0.2) is 8.78 Å². The fraction of sp³-hybridized carbons (Fsp3) is 0.250. The van der Waals surface area contributed by atoms with Gasteiger partial charge in [-0.2, -0.15) is 0 Å². The smallest absolute Gasteiger partial charge is 0.162 e. The van der Waals surface area contributed by atoms with Crippen LogP contribution in [0, 0.1) is 11.6 Å². The maximum Gasteiger partial charge on any atom is 0.162 e. The lowest BCUT2D eigenvalue weighted by Crippen LogP contribution is -2.20. The Bertz CT molecular complexity index is 634. The third-order valence-electron chi connectivity index (χ3n) is 3.39. The molecule has 2 aromatic carbocycles. The maximum atomic E-state index is 13.8. The average molecular weight is 312 g/mol. The molecule has 0 spiro atoms. The van der Waals surface area contributed by atoms with Gasteiger partial charge < -0.3 is 10.1 Å². The second-order valence-electron chi connectivity index (χ2n) is 4.65. The molecule has 1 unspecified atom stereocenters. The minimum atomic E-state index is -0.844. The molecule has 0 aliphatic heterocycles. The van der Waals surface area contributed by atoms with E-state index in [4.69, 9.17) is 16.3 Å². The van der Waals surface area contributed by atoms with Crippen molar-refractivity contribution in [3.05, 3.63) is 64.2 Å². The van der Waals surface area contributed by atoms with E-state index in [0.717, 1.165) is 11.6 Å². The Balaban J connectivity index is 2.30. The van der Waals surface area contributed by atoms with Crippen molar-refractivity contribution in [2.45, 2.75) is 12.5 Å². The van der Waals surface area contributed by atoms with E-state index in [1.165, 1.54) is 6.07 Å². The van der Waals surface area contributed by atoms with E-state index in [-0.39, 0.29) is 6.04 Å². The Morgan fingerprint density at radius 1 is 1.24 bits per heavy atom.